The third kappa shape index (κ3) is 3.32. The smallest absolute Gasteiger partial charge is 0.265 e. The van der Waals surface area contributed by atoms with Crippen LogP contribution in [0.15, 0.2) is 71.6 Å². The van der Waals surface area contributed by atoms with Crippen molar-refractivity contribution in [2.75, 3.05) is 4.31 Å². The second-order valence-corrected chi connectivity index (χ2v) is 8.28. The number of hydrogen-bond donors (Lipinski definition) is 0. The molecular weight excluding hydrogens is 370 g/mol. The molecular formula is C20H18ClNO3S. The molecule has 0 fully saturated rings. The van der Waals surface area contributed by atoms with E-state index in [2.05, 4.69) is 0 Å². The van der Waals surface area contributed by atoms with E-state index < -0.39 is 21.3 Å². The van der Waals surface area contributed by atoms with Crippen LogP contribution in [0, 0.1) is 6.92 Å². The zero-order valence-corrected chi connectivity index (χ0v) is 16.0. The Morgan fingerprint density at radius 2 is 1.58 bits per heavy atom. The summed E-state index contributed by atoms with van der Waals surface area (Å²) in [5, 5.41) is 0.868. The molecule has 1 atom stereocenters. The zero-order valence-electron chi connectivity index (χ0n) is 14.4. The largest absolute Gasteiger partial charge is 0.279 e. The van der Waals surface area contributed by atoms with Gasteiger partial charge in [0.15, 0.2) is 0 Å². The number of hydrogen-bond acceptors (Lipinski definition) is 3. The number of carbonyl (C=O) groups excluding carboxylic acids is 1. The maximum Gasteiger partial charge on any atom is 0.265 e. The Bertz CT molecular complexity index is 1060. The van der Waals surface area contributed by atoms with Crippen LogP contribution >= 0.6 is 11.6 Å². The van der Waals surface area contributed by atoms with E-state index in [-0.39, 0.29) is 4.90 Å². The monoisotopic (exact) mass is 387 g/mol. The summed E-state index contributed by atoms with van der Waals surface area (Å²) in [5.74, 6) is 0. The highest BCUT2D eigenvalue weighted by molar-refractivity contribution is 7.93. The Kier molecular flexibility index (Phi) is 5.03. The minimum atomic E-state index is -3.98. The summed E-state index contributed by atoms with van der Waals surface area (Å²) in [7, 11) is -3.98. The number of rotatable bonds is 5. The average Bonchev–Trinajstić information content (AvgIpc) is 2.62. The first kappa shape index (κ1) is 18.4. The van der Waals surface area contributed by atoms with E-state index in [1.165, 1.54) is 19.1 Å². The number of nitrogens with zero attached hydrogens (tertiary/aromatic N) is 1. The highest BCUT2D eigenvalue weighted by atomic mass is 35.5. The van der Waals surface area contributed by atoms with Gasteiger partial charge < -0.3 is 0 Å². The van der Waals surface area contributed by atoms with Crippen molar-refractivity contribution in [3.63, 3.8) is 0 Å². The summed E-state index contributed by atoms with van der Waals surface area (Å²) in [4.78, 5) is 12.0. The summed E-state index contributed by atoms with van der Waals surface area (Å²) in [5.41, 5.74) is 1.37. The highest BCUT2D eigenvalue weighted by Crippen LogP contribution is 2.33. The predicted octanol–water partition coefficient (Wildman–Crippen LogP) is 4.50. The predicted molar refractivity (Wildman–Crippen MR) is 105 cm³/mol. The molecule has 0 bridgehead atoms. The summed E-state index contributed by atoms with van der Waals surface area (Å²) < 4.78 is 27.8. The number of aryl methyl sites for hydroxylation is 1. The molecule has 0 aromatic heterocycles. The minimum absolute atomic E-state index is 0.112. The molecule has 26 heavy (non-hydrogen) atoms. The van der Waals surface area contributed by atoms with Gasteiger partial charge in [0.2, 0.25) is 5.24 Å². The molecule has 3 aromatic rings. The molecule has 134 valence electrons. The van der Waals surface area contributed by atoms with E-state index in [1.807, 2.05) is 37.3 Å². The third-order valence-electron chi connectivity index (χ3n) is 4.26. The van der Waals surface area contributed by atoms with Crippen LogP contribution in [-0.4, -0.2) is 19.7 Å². The quantitative estimate of drug-likeness (QED) is 0.606. The van der Waals surface area contributed by atoms with Crippen LogP contribution in [0.5, 0.6) is 0 Å². The molecule has 3 aromatic carbocycles. The lowest BCUT2D eigenvalue weighted by molar-refractivity contribution is -0.112. The maximum atomic E-state index is 13.3. The molecule has 0 saturated carbocycles. The summed E-state index contributed by atoms with van der Waals surface area (Å²) >= 11 is 5.70. The molecule has 0 aliphatic carbocycles. The third-order valence-corrected chi connectivity index (χ3v) is 6.48. The summed E-state index contributed by atoms with van der Waals surface area (Å²) in [6.45, 7) is 3.37. The van der Waals surface area contributed by atoms with E-state index in [4.69, 9.17) is 11.6 Å². The van der Waals surface area contributed by atoms with Crippen molar-refractivity contribution in [2.24, 2.45) is 0 Å². The van der Waals surface area contributed by atoms with Crippen molar-refractivity contribution in [3.8, 4) is 0 Å². The number of anilines is 1. The molecule has 0 N–H and O–H groups in total. The van der Waals surface area contributed by atoms with Crippen molar-refractivity contribution in [1.29, 1.82) is 0 Å². The fraction of sp³-hybridized carbons (Fsp3) is 0.150. The van der Waals surface area contributed by atoms with Gasteiger partial charge in [0.05, 0.1) is 10.6 Å². The van der Waals surface area contributed by atoms with E-state index in [1.54, 1.807) is 24.3 Å². The molecule has 6 heteroatoms. The van der Waals surface area contributed by atoms with Gasteiger partial charge in [-0.25, -0.2) is 8.42 Å². The number of carbonyl (C=O) groups is 1. The highest BCUT2D eigenvalue weighted by Gasteiger charge is 2.33. The average molecular weight is 388 g/mol. The van der Waals surface area contributed by atoms with E-state index in [9.17, 15) is 13.2 Å². The number of fused-ring (bicyclic) bond motifs is 1. The zero-order chi connectivity index (χ0) is 18.9. The molecule has 0 spiro atoms. The van der Waals surface area contributed by atoms with Crippen LogP contribution in [0.4, 0.5) is 5.69 Å². The van der Waals surface area contributed by atoms with Crippen LogP contribution in [0.3, 0.4) is 0 Å². The normalized spacial score (nSPS) is 12.7. The van der Waals surface area contributed by atoms with E-state index >= 15 is 0 Å². The topological polar surface area (TPSA) is 54.5 Å². The Morgan fingerprint density at radius 3 is 2.23 bits per heavy atom. The number of halogens is 1. The standard InChI is InChI=1S/C20H18ClNO3S/c1-14-10-12-17(13-11-14)26(24,25)22(15(2)20(21)23)19-9-5-7-16-6-3-4-8-18(16)19/h3-13,15H,1-2H3. The molecule has 4 nitrogen and oxygen atoms in total. The fourth-order valence-corrected chi connectivity index (χ4v) is 4.66. The van der Waals surface area contributed by atoms with Gasteiger partial charge >= 0.3 is 0 Å². The summed E-state index contributed by atoms with van der Waals surface area (Å²) in [6.07, 6.45) is 0. The van der Waals surface area contributed by atoms with Gasteiger partial charge in [-0.15, -0.1) is 0 Å². The number of benzene rings is 3. The molecule has 0 aliphatic rings. The molecule has 0 heterocycles. The van der Waals surface area contributed by atoms with Crippen LogP contribution in [0.1, 0.15) is 12.5 Å². The first-order chi connectivity index (χ1) is 12.3. The SMILES string of the molecule is Cc1ccc(S(=O)(=O)N(c2cccc3ccccc23)C(C)C(=O)Cl)cc1. The van der Waals surface area contributed by atoms with Gasteiger partial charge in [-0.2, -0.15) is 0 Å². The Labute approximate surface area is 158 Å². The van der Waals surface area contributed by atoms with Crippen LogP contribution in [0.2, 0.25) is 0 Å². The number of sulfonamides is 1. The van der Waals surface area contributed by atoms with Gasteiger partial charge in [0, 0.05) is 5.39 Å². The lowest BCUT2D eigenvalue weighted by Crippen LogP contribution is -2.42. The first-order valence-corrected chi connectivity index (χ1v) is 9.92. The second-order valence-electron chi connectivity index (χ2n) is 6.09. The van der Waals surface area contributed by atoms with Crippen molar-refractivity contribution in [3.05, 3.63) is 72.3 Å². The Balaban J connectivity index is 2.26. The lowest BCUT2D eigenvalue weighted by Gasteiger charge is -2.29. The second kappa shape index (κ2) is 7.09. The van der Waals surface area contributed by atoms with Gasteiger partial charge in [0.1, 0.15) is 6.04 Å². The maximum absolute atomic E-state index is 13.3. The van der Waals surface area contributed by atoms with Gasteiger partial charge in [-0.3, -0.25) is 9.10 Å². The first-order valence-electron chi connectivity index (χ1n) is 8.10. The Morgan fingerprint density at radius 1 is 0.962 bits per heavy atom. The Hall–Kier alpha value is -2.37. The minimum Gasteiger partial charge on any atom is -0.279 e. The molecule has 0 radical (unpaired) electrons. The van der Waals surface area contributed by atoms with E-state index in [0.717, 1.165) is 20.6 Å². The molecule has 3 rings (SSSR count). The van der Waals surface area contributed by atoms with Crippen LogP contribution in [-0.2, 0) is 14.8 Å². The van der Waals surface area contributed by atoms with Crippen molar-refractivity contribution < 1.29 is 13.2 Å². The van der Waals surface area contributed by atoms with Crippen LogP contribution < -0.4 is 4.31 Å². The van der Waals surface area contributed by atoms with Gasteiger partial charge in [-0.05, 0) is 49.0 Å². The van der Waals surface area contributed by atoms with Crippen LogP contribution in [0.25, 0.3) is 10.8 Å². The lowest BCUT2D eigenvalue weighted by atomic mass is 10.1. The van der Waals surface area contributed by atoms with Gasteiger partial charge in [-0.1, -0.05) is 54.1 Å². The fourth-order valence-electron chi connectivity index (χ4n) is 2.86. The van der Waals surface area contributed by atoms with Crippen molar-refractivity contribution in [2.45, 2.75) is 24.8 Å². The van der Waals surface area contributed by atoms with Gasteiger partial charge in [0.25, 0.3) is 10.0 Å². The molecule has 1 unspecified atom stereocenters. The van der Waals surface area contributed by atoms with Crippen molar-refractivity contribution >= 4 is 43.3 Å². The van der Waals surface area contributed by atoms with E-state index in [0.29, 0.717) is 5.69 Å². The summed E-state index contributed by atoms with van der Waals surface area (Å²) in [6, 6.07) is 18.2. The molecule has 0 amide bonds. The molecule has 0 saturated heterocycles. The van der Waals surface area contributed by atoms with Crippen molar-refractivity contribution in [1.82, 2.24) is 0 Å². The molecule has 0 aliphatic heterocycles.